The molecule has 2 heterocycles. The lowest BCUT2D eigenvalue weighted by atomic mass is 10.1. The van der Waals surface area contributed by atoms with Crippen LogP contribution in [0.25, 0.3) is 0 Å². The quantitative estimate of drug-likeness (QED) is 0.905. The molecule has 5 nitrogen and oxygen atoms in total. The number of aromatic nitrogens is 2. The average Bonchev–Trinajstić information content (AvgIpc) is 2.45. The zero-order chi connectivity index (χ0) is 14.5. The van der Waals surface area contributed by atoms with Crippen LogP contribution in [0.2, 0.25) is 5.02 Å². The second kappa shape index (κ2) is 7.09. The molecule has 1 aromatic heterocycles. The fraction of sp³-hybridized carbons (Fsp3) is 0.714. The molecule has 20 heavy (non-hydrogen) atoms. The van der Waals surface area contributed by atoms with Gasteiger partial charge in [-0.25, -0.2) is 4.68 Å². The van der Waals surface area contributed by atoms with Crippen molar-refractivity contribution in [2.24, 2.45) is 0 Å². The molecule has 0 unspecified atom stereocenters. The number of likely N-dealkylation sites (tertiary alicyclic amines) is 1. The summed E-state index contributed by atoms with van der Waals surface area (Å²) >= 11 is 6.18. The fourth-order valence-corrected chi connectivity index (χ4v) is 2.61. The predicted octanol–water partition coefficient (Wildman–Crippen LogP) is 2.20. The highest BCUT2D eigenvalue weighted by Gasteiger charge is 2.18. The van der Waals surface area contributed by atoms with E-state index in [0.29, 0.717) is 18.3 Å². The fourth-order valence-electron chi connectivity index (χ4n) is 2.41. The Hall–Kier alpha value is -1.07. The average molecular weight is 299 g/mol. The van der Waals surface area contributed by atoms with Crippen LogP contribution in [0.3, 0.4) is 0 Å². The third-order valence-electron chi connectivity index (χ3n) is 3.79. The molecule has 0 saturated carbocycles. The number of nitrogens with one attached hydrogen (secondary N) is 1. The Kier molecular flexibility index (Phi) is 5.43. The number of aryl methyl sites for hydroxylation is 1. The monoisotopic (exact) mass is 298 g/mol. The van der Waals surface area contributed by atoms with E-state index in [2.05, 4.69) is 29.3 Å². The molecule has 0 aromatic carbocycles. The molecule has 0 aliphatic carbocycles. The molecule has 1 aliphatic heterocycles. The molecule has 1 fully saturated rings. The Balaban J connectivity index is 2.05. The van der Waals surface area contributed by atoms with Gasteiger partial charge in [-0.05, 0) is 39.4 Å². The van der Waals surface area contributed by atoms with Gasteiger partial charge in [0.25, 0.3) is 5.56 Å². The van der Waals surface area contributed by atoms with Gasteiger partial charge >= 0.3 is 0 Å². The van der Waals surface area contributed by atoms with Crippen molar-refractivity contribution >= 4 is 17.3 Å². The highest BCUT2D eigenvalue weighted by Crippen LogP contribution is 2.20. The van der Waals surface area contributed by atoms with Gasteiger partial charge in [-0.3, -0.25) is 4.79 Å². The molecule has 112 valence electrons. The van der Waals surface area contributed by atoms with Crippen molar-refractivity contribution in [2.75, 3.05) is 25.5 Å². The van der Waals surface area contributed by atoms with E-state index in [9.17, 15) is 4.79 Å². The van der Waals surface area contributed by atoms with Crippen molar-refractivity contribution < 1.29 is 0 Å². The molecule has 0 amide bonds. The summed E-state index contributed by atoms with van der Waals surface area (Å²) in [5.74, 6) is 0. The third-order valence-corrected chi connectivity index (χ3v) is 4.15. The second-order valence-corrected chi connectivity index (χ2v) is 5.85. The smallest absolute Gasteiger partial charge is 0.287 e. The standard InChI is InChI=1S/C14H23ClN4O/c1-3-4-7-19-14(20)13(15)12(10-16-19)17-11-5-8-18(2)9-6-11/h10-11,17H,3-9H2,1-2H3. The SMILES string of the molecule is CCCCn1ncc(NC2CCN(C)CC2)c(Cl)c1=O. The van der Waals surface area contributed by atoms with Gasteiger partial charge in [0.05, 0.1) is 11.9 Å². The van der Waals surface area contributed by atoms with Crippen molar-refractivity contribution in [1.82, 2.24) is 14.7 Å². The molecule has 1 aromatic rings. The van der Waals surface area contributed by atoms with Gasteiger partial charge in [0, 0.05) is 12.6 Å². The Labute approximate surface area is 124 Å². The summed E-state index contributed by atoms with van der Waals surface area (Å²) in [6, 6.07) is 0.372. The Morgan fingerprint density at radius 2 is 2.15 bits per heavy atom. The molecular weight excluding hydrogens is 276 g/mol. The van der Waals surface area contributed by atoms with Crippen LogP contribution in [0.15, 0.2) is 11.0 Å². The van der Waals surface area contributed by atoms with E-state index in [1.165, 1.54) is 4.68 Å². The van der Waals surface area contributed by atoms with Crippen LogP contribution in [0.1, 0.15) is 32.6 Å². The number of nitrogens with zero attached hydrogens (tertiary/aromatic N) is 3. The Morgan fingerprint density at radius 1 is 1.45 bits per heavy atom. The molecule has 0 spiro atoms. The Morgan fingerprint density at radius 3 is 2.80 bits per heavy atom. The summed E-state index contributed by atoms with van der Waals surface area (Å²) in [5.41, 5.74) is 0.469. The van der Waals surface area contributed by atoms with E-state index in [1.807, 2.05) is 0 Å². The summed E-state index contributed by atoms with van der Waals surface area (Å²) in [7, 11) is 2.12. The van der Waals surface area contributed by atoms with Gasteiger partial charge in [0.2, 0.25) is 0 Å². The highest BCUT2D eigenvalue weighted by atomic mass is 35.5. The van der Waals surface area contributed by atoms with E-state index in [4.69, 9.17) is 11.6 Å². The van der Waals surface area contributed by atoms with Gasteiger partial charge in [-0.15, -0.1) is 0 Å². The lowest BCUT2D eigenvalue weighted by Crippen LogP contribution is -2.37. The van der Waals surface area contributed by atoms with Crippen molar-refractivity contribution in [1.29, 1.82) is 0 Å². The van der Waals surface area contributed by atoms with E-state index < -0.39 is 0 Å². The van der Waals surface area contributed by atoms with Crippen LogP contribution in [0.4, 0.5) is 5.69 Å². The number of anilines is 1. The summed E-state index contributed by atoms with van der Waals surface area (Å²) < 4.78 is 1.45. The second-order valence-electron chi connectivity index (χ2n) is 5.48. The maximum atomic E-state index is 12.1. The first-order chi connectivity index (χ1) is 9.61. The van der Waals surface area contributed by atoms with E-state index in [-0.39, 0.29) is 10.6 Å². The molecule has 2 rings (SSSR count). The third kappa shape index (κ3) is 3.73. The molecule has 0 radical (unpaired) electrons. The van der Waals surface area contributed by atoms with Gasteiger partial charge in [-0.2, -0.15) is 5.10 Å². The Bertz CT molecular complexity index is 494. The summed E-state index contributed by atoms with van der Waals surface area (Å²) in [6.07, 6.45) is 5.77. The van der Waals surface area contributed by atoms with Crippen LogP contribution >= 0.6 is 11.6 Å². The van der Waals surface area contributed by atoms with Crippen LogP contribution in [-0.4, -0.2) is 40.9 Å². The zero-order valence-corrected chi connectivity index (χ0v) is 13.0. The minimum Gasteiger partial charge on any atom is -0.380 e. The first kappa shape index (κ1) is 15.3. The molecule has 6 heteroatoms. The van der Waals surface area contributed by atoms with Gasteiger partial charge in [0.1, 0.15) is 5.02 Å². The van der Waals surface area contributed by atoms with Crippen LogP contribution in [-0.2, 0) is 6.54 Å². The van der Waals surface area contributed by atoms with E-state index in [1.54, 1.807) is 6.20 Å². The van der Waals surface area contributed by atoms with E-state index in [0.717, 1.165) is 38.8 Å². The first-order valence-corrected chi connectivity index (χ1v) is 7.70. The largest absolute Gasteiger partial charge is 0.380 e. The molecule has 1 saturated heterocycles. The zero-order valence-electron chi connectivity index (χ0n) is 12.2. The predicted molar refractivity (Wildman–Crippen MR) is 82.6 cm³/mol. The lowest BCUT2D eigenvalue weighted by Gasteiger charge is -2.30. The maximum Gasteiger partial charge on any atom is 0.287 e. The van der Waals surface area contributed by atoms with Crippen LogP contribution in [0, 0.1) is 0 Å². The number of piperidine rings is 1. The summed E-state index contributed by atoms with van der Waals surface area (Å²) in [4.78, 5) is 14.4. The van der Waals surface area contributed by atoms with Gasteiger partial charge in [0.15, 0.2) is 0 Å². The number of unbranched alkanes of at least 4 members (excludes halogenated alkanes) is 1. The topological polar surface area (TPSA) is 50.2 Å². The van der Waals surface area contributed by atoms with Crippen molar-refractivity contribution in [3.63, 3.8) is 0 Å². The van der Waals surface area contributed by atoms with E-state index >= 15 is 0 Å². The first-order valence-electron chi connectivity index (χ1n) is 7.32. The lowest BCUT2D eigenvalue weighted by molar-refractivity contribution is 0.264. The van der Waals surface area contributed by atoms with Gasteiger partial charge in [-0.1, -0.05) is 24.9 Å². The van der Waals surface area contributed by atoms with Crippen LogP contribution < -0.4 is 10.9 Å². The number of rotatable bonds is 5. The van der Waals surface area contributed by atoms with Crippen LogP contribution in [0.5, 0.6) is 0 Å². The molecule has 0 atom stereocenters. The molecule has 1 aliphatic rings. The van der Waals surface area contributed by atoms with Crippen molar-refractivity contribution in [3.05, 3.63) is 21.6 Å². The van der Waals surface area contributed by atoms with Gasteiger partial charge < -0.3 is 10.2 Å². The minimum absolute atomic E-state index is 0.196. The van der Waals surface area contributed by atoms with Crippen molar-refractivity contribution in [2.45, 2.75) is 45.2 Å². The highest BCUT2D eigenvalue weighted by molar-refractivity contribution is 6.32. The summed E-state index contributed by atoms with van der Waals surface area (Å²) in [6.45, 7) is 4.85. The number of halogens is 1. The molecular formula is C14H23ClN4O. The molecule has 1 N–H and O–H groups in total. The number of hydrogen-bond acceptors (Lipinski definition) is 4. The molecule has 0 bridgehead atoms. The summed E-state index contributed by atoms with van der Waals surface area (Å²) in [5, 5.41) is 7.82. The maximum absolute atomic E-state index is 12.1. The normalized spacial score (nSPS) is 17.4. The minimum atomic E-state index is -0.196. The van der Waals surface area contributed by atoms with Crippen molar-refractivity contribution in [3.8, 4) is 0 Å². The number of hydrogen-bond donors (Lipinski definition) is 1.